The summed E-state index contributed by atoms with van der Waals surface area (Å²) < 4.78 is 16.8. The van der Waals surface area contributed by atoms with Crippen molar-refractivity contribution in [2.45, 2.75) is 19.4 Å². The number of carbonyl (C=O) groups excluding carboxylic acids is 1. The third-order valence-electron chi connectivity index (χ3n) is 4.52. The zero-order valence-corrected chi connectivity index (χ0v) is 16.2. The van der Waals surface area contributed by atoms with Crippen LogP contribution in [-0.2, 0) is 0 Å². The fourth-order valence-corrected chi connectivity index (χ4v) is 3.06. The molecule has 0 saturated heterocycles. The Hall–Kier alpha value is -3.74. The van der Waals surface area contributed by atoms with E-state index in [0.717, 1.165) is 10.9 Å². The number of carbonyl (C=O) groups is 1. The number of hydrazone groups is 1. The van der Waals surface area contributed by atoms with Crippen molar-refractivity contribution in [1.82, 2.24) is 5.43 Å². The van der Waals surface area contributed by atoms with Gasteiger partial charge >= 0.3 is 5.91 Å². The lowest BCUT2D eigenvalue weighted by Gasteiger charge is -2.27. The van der Waals surface area contributed by atoms with Crippen LogP contribution in [0, 0.1) is 0 Å². The highest BCUT2D eigenvalue weighted by molar-refractivity contribution is 5.99. The lowest BCUT2D eigenvalue weighted by atomic mass is 10.0. The van der Waals surface area contributed by atoms with Gasteiger partial charge in [0.25, 0.3) is 0 Å². The highest BCUT2D eigenvalue weighted by Crippen LogP contribution is 2.37. The maximum atomic E-state index is 12.4. The van der Waals surface area contributed by atoms with Crippen LogP contribution >= 0.6 is 0 Å². The maximum absolute atomic E-state index is 12.4. The van der Waals surface area contributed by atoms with E-state index >= 15 is 0 Å². The molecule has 3 aromatic rings. The van der Waals surface area contributed by atoms with E-state index in [0.29, 0.717) is 22.6 Å². The van der Waals surface area contributed by atoms with E-state index in [-0.39, 0.29) is 17.1 Å². The number of aromatic hydroxyl groups is 1. The molecule has 0 aliphatic carbocycles. The van der Waals surface area contributed by atoms with Crippen molar-refractivity contribution in [2.24, 2.45) is 5.10 Å². The Morgan fingerprint density at radius 3 is 2.86 bits per heavy atom. The van der Waals surface area contributed by atoms with Gasteiger partial charge in [0.05, 0.1) is 18.9 Å². The maximum Gasteiger partial charge on any atom is 0.307 e. The second-order valence-corrected chi connectivity index (χ2v) is 7.18. The van der Waals surface area contributed by atoms with Gasteiger partial charge in [-0.2, -0.15) is 5.10 Å². The number of phenolic OH excluding ortho intramolecular Hbond substituents is 1. The Balaban J connectivity index is 1.54. The zero-order valence-electron chi connectivity index (χ0n) is 16.2. The van der Waals surface area contributed by atoms with Crippen LogP contribution in [0.25, 0.3) is 17.0 Å². The summed E-state index contributed by atoms with van der Waals surface area (Å²) in [5, 5.41) is 14.4. The van der Waals surface area contributed by atoms with Crippen LogP contribution in [0.5, 0.6) is 17.2 Å². The number of phenols is 1. The summed E-state index contributed by atoms with van der Waals surface area (Å²) >= 11 is 0. The molecule has 0 unspecified atom stereocenters. The van der Waals surface area contributed by atoms with E-state index in [9.17, 15) is 9.90 Å². The minimum atomic E-state index is -0.474. The average molecular weight is 392 g/mol. The number of nitrogens with one attached hydrogen (secondary N) is 1. The van der Waals surface area contributed by atoms with Crippen molar-refractivity contribution in [1.29, 1.82) is 0 Å². The topological polar surface area (TPSA) is 93.3 Å². The van der Waals surface area contributed by atoms with Crippen molar-refractivity contribution >= 4 is 29.2 Å². The van der Waals surface area contributed by atoms with Gasteiger partial charge in [0.2, 0.25) is 0 Å². The summed E-state index contributed by atoms with van der Waals surface area (Å²) in [6.07, 6.45) is 5.35. The summed E-state index contributed by atoms with van der Waals surface area (Å²) in [6.45, 7) is 3.94. The molecule has 0 bridgehead atoms. The van der Waals surface area contributed by atoms with Gasteiger partial charge in [0, 0.05) is 5.39 Å². The second kappa shape index (κ2) is 7.01. The highest BCUT2D eigenvalue weighted by atomic mass is 16.5. The first-order valence-corrected chi connectivity index (χ1v) is 9.01. The summed E-state index contributed by atoms with van der Waals surface area (Å²) in [7, 11) is 1.46. The standard InChI is InChI=1S/C22H20N2O5/c1-22(2)9-8-15-17(29-22)7-5-14-11-19(28-20(14)15)21(26)24-23-12-13-4-6-16(25)18(10-13)27-3/h4-12,25H,1-3H3,(H,24,26)/b23-12+. The van der Waals surface area contributed by atoms with Gasteiger partial charge in [-0.3, -0.25) is 4.79 Å². The molecule has 2 aromatic carbocycles. The van der Waals surface area contributed by atoms with E-state index in [4.69, 9.17) is 13.9 Å². The van der Waals surface area contributed by atoms with Crippen molar-refractivity contribution in [3.63, 3.8) is 0 Å². The number of hydrogen-bond acceptors (Lipinski definition) is 6. The summed E-state index contributed by atoms with van der Waals surface area (Å²) in [5.74, 6) is 0.733. The van der Waals surface area contributed by atoms with Gasteiger partial charge in [0.1, 0.15) is 16.9 Å². The van der Waals surface area contributed by atoms with Gasteiger partial charge in [-0.1, -0.05) is 0 Å². The Morgan fingerprint density at radius 1 is 1.24 bits per heavy atom. The number of benzene rings is 2. The Morgan fingerprint density at radius 2 is 2.07 bits per heavy atom. The predicted octanol–water partition coefficient (Wildman–Crippen LogP) is 4.10. The highest BCUT2D eigenvalue weighted by Gasteiger charge is 2.24. The smallest absolute Gasteiger partial charge is 0.307 e. The zero-order chi connectivity index (χ0) is 20.6. The molecule has 148 valence electrons. The summed E-state index contributed by atoms with van der Waals surface area (Å²) in [6, 6.07) is 10.1. The molecule has 0 fully saturated rings. The van der Waals surface area contributed by atoms with Gasteiger partial charge in [0.15, 0.2) is 17.3 Å². The third-order valence-corrected chi connectivity index (χ3v) is 4.52. The largest absolute Gasteiger partial charge is 0.504 e. The van der Waals surface area contributed by atoms with E-state index in [1.807, 2.05) is 38.1 Å². The molecule has 7 heteroatoms. The molecule has 1 aliphatic heterocycles. The van der Waals surface area contributed by atoms with Crippen molar-refractivity contribution in [3.8, 4) is 17.2 Å². The number of nitrogens with zero attached hydrogens (tertiary/aromatic N) is 1. The number of hydrogen-bond donors (Lipinski definition) is 2. The molecule has 0 radical (unpaired) electrons. The molecule has 0 saturated carbocycles. The Bertz CT molecular complexity index is 1160. The molecule has 1 aromatic heterocycles. The number of methoxy groups -OCH3 is 1. The van der Waals surface area contributed by atoms with Gasteiger partial charge in [-0.05, 0) is 68.0 Å². The molecular formula is C22H20N2O5. The van der Waals surface area contributed by atoms with Crippen molar-refractivity contribution in [3.05, 3.63) is 59.4 Å². The van der Waals surface area contributed by atoms with Gasteiger partial charge < -0.3 is 19.0 Å². The van der Waals surface area contributed by atoms with Crippen LogP contribution in [0.3, 0.4) is 0 Å². The lowest BCUT2D eigenvalue weighted by molar-refractivity contribution is 0.0929. The normalized spacial score (nSPS) is 14.6. The quantitative estimate of drug-likeness (QED) is 0.515. The molecule has 4 rings (SSSR count). The molecular weight excluding hydrogens is 372 g/mol. The van der Waals surface area contributed by atoms with Crippen LogP contribution in [0.15, 0.2) is 52.0 Å². The molecule has 2 N–H and O–H groups in total. The number of rotatable bonds is 4. The van der Waals surface area contributed by atoms with Crippen LogP contribution < -0.4 is 14.9 Å². The SMILES string of the molecule is COc1cc(/C=N/NC(=O)c2cc3ccc4c(c3o2)C=CC(C)(C)O4)ccc1O. The number of ether oxygens (including phenoxy) is 2. The minimum Gasteiger partial charge on any atom is -0.504 e. The molecule has 2 heterocycles. The molecule has 1 aliphatic rings. The molecule has 7 nitrogen and oxygen atoms in total. The third kappa shape index (κ3) is 3.67. The number of furan rings is 1. The number of fused-ring (bicyclic) bond motifs is 3. The average Bonchev–Trinajstić information content (AvgIpc) is 3.13. The second-order valence-electron chi connectivity index (χ2n) is 7.18. The van der Waals surface area contributed by atoms with E-state index in [2.05, 4.69) is 10.5 Å². The summed E-state index contributed by atoms with van der Waals surface area (Å²) in [4.78, 5) is 12.4. The number of amides is 1. The fraction of sp³-hybridized carbons (Fsp3) is 0.182. The van der Waals surface area contributed by atoms with E-state index in [1.165, 1.54) is 19.4 Å². The molecule has 0 spiro atoms. The molecule has 29 heavy (non-hydrogen) atoms. The van der Waals surface area contributed by atoms with Crippen LogP contribution in [0.1, 0.15) is 35.5 Å². The predicted molar refractivity (Wildman–Crippen MR) is 110 cm³/mol. The fourth-order valence-electron chi connectivity index (χ4n) is 3.06. The van der Waals surface area contributed by atoms with E-state index in [1.54, 1.807) is 18.2 Å². The van der Waals surface area contributed by atoms with Crippen LogP contribution in [-0.4, -0.2) is 29.9 Å². The lowest BCUT2D eigenvalue weighted by Crippen LogP contribution is -2.27. The van der Waals surface area contributed by atoms with Crippen LogP contribution in [0.4, 0.5) is 0 Å². The molecule has 1 amide bonds. The van der Waals surface area contributed by atoms with Crippen LogP contribution in [0.2, 0.25) is 0 Å². The van der Waals surface area contributed by atoms with Gasteiger partial charge in [-0.15, -0.1) is 0 Å². The Labute approximate surface area is 167 Å². The monoisotopic (exact) mass is 392 g/mol. The molecule has 0 atom stereocenters. The first-order chi connectivity index (χ1) is 13.9. The minimum absolute atomic E-state index is 0.0284. The first kappa shape index (κ1) is 18.6. The Kier molecular flexibility index (Phi) is 4.50. The first-order valence-electron chi connectivity index (χ1n) is 9.01. The van der Waals surface area contributed by atoms with E-state index < -0.39 is 5.91 Å². The van der Waals surface area contributed by atoms with Crippen molar-refractivity contribution in [2.75, 3.05) is 7.11 Å². The summed E-state index contributed by atoms with van der Waals surface area (Å²) in [5.41, 5.74) is 4.10. The van der Waals surface area contributed by atoms with Gasteiger partial charge in [-0.25, -0.2) is 5.43 Å². The van der Waals surface area contributed by atoms with Crippen molar-refractivity contribution < 1.29 is 23.8 Å².